The molecule has 23 heavy (non-hydrogen) atoms. The fourth-order valence-corrected chi connectivity index (χ4v) is 6.13. The summed E-state index contributed by atoms with van der Waals surface area (Å²) >= 11 is 0. The van der Waals surface area contributed by atoms with Crippen LogP contribution in [0.25, 0.3) is 0 Å². The zero-order chi connectivity index (χ0) is 15.6. The van der Waals surface area contributed by atoms with E-state index in [0.717, 1.165) is 51.4 Å². The van der Waals surface area contributed by atoms with Gasteiger partial charge in [0.2, 0.25) is 0 Å². The second kappa shape index (κ2) is 4.72. The van der Waals surface area contributed by atoms with Crippen LogP contribution in [0.5, 0.6) is 0 Å². The highest BCUT2D eigenvalue weighted by Crippen LogP contribution is 2.65. The summed E-state index contributed by atoms with van der Waals surface area (Å²) in [5.41, 5.74) is -2.72. The van der Waals surface area contributed by atoms with Crippen molar-refractivity contribution in [3.05, 3.63) is 11.8 Å². The van der Waals surface area contributed by atoms with Crippen molar-refractivity contribution in [2.45, 2.75) is 73.8 Å². The molecule has 0 aromatic heterocycles. The molecule has 0 aromatic carbocycles. The highest BCUT2D eigenvalue weighted by molar-refractivity contribution is 5.41. The van der Waals surface area contributed by atoms with Crippen molar-refractivity contribution in [3.63, 3.8) is 0 Å². The van der Waals surface area contributed by atoms with Crippen LogP contribution < -0.4 is 0 Å². The van der Waals surface area contributed by atoms with Crippen LogP contribution in [-0.2, 0) is 24.1 Å². The van der Waals surface area contributed by atoms with E-state index in [2.05, 4.69) is 0 Å². The standard InChI is InChI=1S/C18H25O5/c19-14-13-15(5-1-9-20-15)17(7-3-11-22-17)18(8-4-12-23-18)16(14)6-2-10-21-16/h13H,1-12H2/t15-,16-,17-,18-/m1/s1. The zero-order valence-corrected chi connectivity index (χ0v) is 13.6. The number of hydrogen-bond acceptors (Lipinski definition) is 4. The highest BCUT2D eigenvalue weighted by Gasteiger charge is 2.79. The Balaban J connectivity index is 1.77. The van der Waals surface area contributed by atoms with E-state index >= 15 is 0 Å². The Hall–Kier alpha value is -0.620. The van der Waals surface area contributed by atoms with Gasteiger partial charge in [-0.3, -0.25) is 5.11 Å². The summed E-state index contributed by atoms with van der Waals surface area (Å²) in [7, 11) is 0. The van der Waals surface area contributed by atoms with Gasteiger partial charge < -0.3 is 18.9 Å². The van der Waals surface area contributed by atoms with Gasteiger partial charge >= 0.3 is 0 Å². The molecular weight excluding hydrogens is 296 g/mol. The third-order valence-electron chi connectivity index (χ3n) is 6.87. The van der Waals surface area contributed by atoms with Gasteiger partial charge in [0.25, 0.3) is 0 Å². The summed E-state index contributed by atoms with van der Waals surface area (Å²) in [6.07, 6.45) is 8.97. The van der Waals surface area contributed by atoms with Crippen molar-refractivity contribution in [1.82, 2.24) is 0 Å². The largest absolute Gasteiger partial charge is 0.368 e. The van der Waals surface area contributed by atoms with Gasteiger partial charge in [-0.15, -0.1) is 0 Å². The molecule has 5 heteroatoms. The molecule has 5 aliphatic rings. The molecule has 1 aliphatic carbocycles. The van der Waals surface area contributed by atoms with Gasteiger partial charge in [0.05, 0.1) is 0 Å². The molecule has 4 saturated heterocycles. The second-order valence-corrected chi connectivity index (χ2v) is 7.69. The number of hydrogen-bond donors (Lipinski definition) is 0. The molecule has 0 amide bonds. The normalized spacial score (nSPS) is 52.4. The minimum Gasteiger partial charge on any atom is -0.368 e. The lowest BCUT2D eigenvalue weighted by atomic mass is 9.55. The molecule has 127 valence electrons. The van der Waals surface area contributed by atoms with Crippen molar-refractivity contribution < 1.29 is 24.1 Å². The number of ether oxygens (including phenoxy) is 4. The van der Waals surface area contributed by atoms with Crippen LogP contribution in [0.3, 0.4) is 0 Å². The predicted molar refractivity (Wildman–Crippen MR) is 80.4 cm³/mol. The molecule has 4 heterocycles. The van der Waals surface area contributed by atoms with Gasteiger partial charge in [0, 0.05) is 26.4 Å². The van der Waals surface area contributed by atoms with E-state index in [1.54, 1.807) is 0 Å². The van der Waals surface area contributed by atoms with Gasteiger partial charge in [0.15, 0.2) is 11.4 Å². The van der Waals surface area contributed by atoms with E-state index < -0.39 is 22.4 Å². The summed E-state index contributed by atoms with van der Waals surface area (Å²) in [5.74, 6) is 0.0694. The highest BCUT2D eigenvalue weighted by atomic mass is 16.6. The van der Waals surface area contributed by atoms with Crippen molar-refractivity contribution >= 4 is 0 Å². The zero-order valence-electron chi connectivity index (χ0n) is 13.6. The first kappa shape index (κ1) is 14.7. The Morgan fingerprint density at radius 2 is 1.30 bits per heavy atom. The first-order chi connectivity index (χ1) is 11.2. The molecule has 0 bridgehead atoms. The van der Waals surface area contributed by atoms with Crippen LogP contribution >= 0.6 is 0 Å². The maximum atomic E-state index is 13.3. The Labute approximate surface area is 136 Å². The topological polar surface area (TPSA) is 56.8 Å². The van der Waals surface area contributed by atoms with Crippen LogP contribution in [0.4, 0.5) is 0 Å². The SMILES string of the molecule is [O]C1=C[C@]2(CCCO2)[C@]2(CCCO2)[C@@]2(CCCO2)[C@@]12CCCO2. The fraction of sp³-hybridized carbons (Fsp3) is 0.889. The molecule has 1 radical (unpaired) electrons. The Morgan fingerprint density at radius 3 is 1.87 bits per heavy atom. The third-order valence-corrected chi connectivity index (χ3v) is 6.87. The van der Waals surface area contributed by atoms with E-state index in [1.807, 2.05) is 6.08 Å². The molecule has 5 rings (SSSR count). The molecule has 0 N–H and O–H groups in total. The molecule has 4 aliphatic heterocycles. The maximum Gasteiger partial charge on any atom is 0.189 e. The quantitative estimate of drug-likeness (QED) is 0.688. The first-order valence-electron chi connectivity index (χ1n) is 9.17. The summed E-state index contributed by atoms with van der Waals surface area (Å²) in [6, 6.07) is 0. The van der Waals surface area contributed by atoms with E-state index in [0.29, 0.717) is 26.4 Å². The molecule has 0 aromatic rings. The number of rotatable bonds is 0. The van der Waals surface area contributed by atoms with Gasteiger partial charge in [-0.1, -0.05) is 0 Å². The molecule has 0 unspecified atom stereocenters. The van der Waals surface area contributed by atoms with Crippen LogP contribution in [0.15, 0.2) is 11.8 Å². The Morgan fingerprint density at radius 1 is 0.696 bits per heavy atom. The fourth-order valence-electron chi connectivity index (χ4n) is 6.13. The monoisotopic (exact) mass is 321 g/mol. The lowest BCUT2D eigenvalue weighted by Gasteiger charge is -2.61. The van der Waals surface area contributed by atoms with E-state index in [4.69, 9.17) is 18.9 Å². The van der Waals surface area contributed by atoms with Crippen LogP contribution in [0.2, 0.25) is 0 Å². The predicted octanol–water partition coefficient (Wildman–Crippen LogP) is 2.51. The smallest absolute Gasteiger partial charge is 0.189 e. The Kier molecular flexibility index (Phi) is 3.02. The Bertz CT molecular complexity index is 516. The van der Waals surface area contributed by atoms with Crippen molar-refractivity contribution in [2.24, 2.45) is 0 Å². The number of fused-ring (bicyclic) bond motifs is 3. The molecule has 4 spiro atoms. The summed E-state index contributed by atoms with van der Waals surface area (Å²) in [5, 5.41) is 13.3. The van der Waals surface area contributed by atoms with Crippen molar-refractivity contribution in [3.8, 4) is 0 Å². The summed E-state index contributed by atoms with van der Waals surface area (Å²) in [6.45, 7) is 2.72. The van der Waals surface area contributed by atoms with Gasteiger partial charge in [-0.25, -0.2) is 0 Å². The van der Waals surface area contributed by atoms with Crippen LogP contribution in [0, 0.1) is 0 Å². The van der Waals surface area contributed by atoms with Gasteiger partial charge in [0.1, 0.15) is 16.8 Å². The molecule has 0 saturated carbocycles. The maximum absolute atomic E-state index is 13.3. The third kappa shape index (κ3) is 1.49. The van der Waals surface area contributed by atoms with E-state index in [9.17, 15) is 5.11 Å². The van der Waals surface area contributed by atoms with E-state index in [1.165, 1.54) is 0 Å². The van der Waals surface area contributed by atoms with Crippen molar-refractivity contribution in [1.29, 1.82) is 0 Å². The minimum absolute atomic E-state index is 0.0694. The lowest BCUT2D eigenvalue weighted by molar-refractivity contribution is -0.306. The summed E-state index contributed by atoms with van der Waals surface area (Å²) in [4.78, 5) is 0. The van der Waals surface area contributed by atoms with Crippen LogP contribution in [-0.4, -0.2) is 48.8 Å². The average molecular weight is 321 g/mol. The molecular formula is C18H25O5. The molecule has 5 nitrogen and oxygen atoms in total. The van der Waals surface area contributed by atoms with E-state index in [-0.39, 0.29) is 5.76 Å². The minimum atomic E-state index is -0.856. The summed E-state index contributed by atoms with van der Waals surface area (Å²) < 4.78 is 25.3. The van der Waals surface area contributed by atoms with Crippen molar-refractivity contribution in [2.75, 3.05) is 26.4 Å². The lowest BCUT2D eigenvalue weighted by Crippen LogP contribution is -2.77. The van der Waals surface area contributed by atoms with Gasteiger partial charge in [-0.2, -0.15) is 0 Å². The van der Waals surface area contributed by atoms with Gasteiger partial charge in [-0.05, 0) is 57.4 Å². The first-order valence-corrected chi connectivity index (χ1v) is 9.17. The van der Waals surface area contributed by atoms with Crippen LogP contribution in [0.1, 0.15) is 51.4 Å². The molecule has 4 atom stereocenters. The second-order valence-electron chi connectivity index (χ2n) is 7.69. The molecule has 4 fully saturated rings. The average Bonchev–Trinajstić information content (AvgIpc) is 3.30.